The van der Waals surface area contributed by atoms with Crippen LogP contribution in [0.2, 0.25) is 0 Å². The number of thiazole rings is 1. The normalized spacial score (nSPS) is 27.3. The first kappa shape index (κ1) is 22.2. The Hall–Kier alpha value is -2.83. The van der Waals surface area contributed by atoms with Crippen molar-refractivity contribution in [3.8, 4) is 28.5 Å². The van der Waals surface area contributed by atoms with Crippen LogP contribution < -0.4 is 9.47 Å². The van der Waals surface area contributed by atoms with Crippen molar-refractivity contribution in [2.75, 3.05) is 6.79 Å². The van der Waals surface area contributed by atoms with E-state index < -0.39 is 0 Å². The first-order valence-corrected chi connectivity index (χ1v) is 14.7. The molecule has 0 radical (unpaired) electrons. The number of ether oxygens (including phenoxy) is 2. The van der Waals surface area contributed by atoms with Crippen LogP contribution in [0.4, 0.5) is 0 Å². The van der Waals surface area contributed by atoms with Crippen LogP contribution in [0.3, 0.4) is 0 Å². The Balaban J connectivity index is 1.18. The number of aromatic hydroxyl groups is 1. The van der Waals surface area contributed by atoms with Crippen molar-refractivity contribution in [2.45, 2.75) is 50.5 Å². The third kappa shape index (κ3) is 3.56. The summed E-state index contributed by atoms with van der Waals surface area (Å²) in [4.78, 5) is 0. The second-order valence-corrected chi connectivity index (χ2v) is 13.3. The first-order chi connectivity index (χ1) is 18.0. The molecule has 0 saturated heterocycles. The Bertz CT molecular complexity index is 1580. The van der Waals surface area contributed by atoms with E-state index in [1.165, 1.54) is 77.3 Å². The first-order valence-electron chi connectivity index (χ1n) is 13.4. The van der Waals surface area contributed by atoms with E-state index in [1.54, 1.807) is 9.95 Å². The maximum absolute atomic E-state index is 10.1. The van der Waals surface area contributed by atoms with Crippen LogP contribution in [0.1, 0.15) is 49.7 Å². The predicted molar refractivity (Wildman–Crippen MR) is 149 cm³/mol. The van der Waals surface area contributed by atoms with E-state index >= 15 is 0 Å². The van der Waals surface area contributed by atoms with Gasteiger partial charge in [0.25, 0.3) is 0 Å². The van der Waals surface area contributed by atoms with Crippen molar-refractivity contribution in [1.82, 2.24) is 4.57 Å². The van der Waals surface area contributed by atoms with Gasteiger partial charge in [0.2, 0.25) is 12.7 Å². The molecule has 4 aliphatic carbocycles. The molecule has 3 aromatic carbocycles. The van der Waals surface area contributed by atoms with Gasteiger partial charge in [-0.25, -0.2) is 0 Å². The Morgan fingerprint density at radius 2 is 1.62 bits per heavy atom. The molecule has 9 rings (SSSR count). The maximum atomic E-state index is 10.1. The summed E-state index contributed by atoms with van der Waals surface area (Å²) in [5, 5.41) is 14.2. The van der Waals surface area contributed by atoms with Gasteiger partial charge in [-0.05, 0) is 126 Å². The third-order valence-electron chi connectivity index (χ3n) is 9.42. The maximum Gasteiger partial charge on any atom is 0.231 e. The molecule has 5 aliphatic rings. The average Bonchev–Trinajstić information content (AvgIpc) is 3.49. The van der Waals surface area contributed by atoms with Gasteiger partial charge >= 0.3 is 0 Å². The van der Waals surface area contributed by atoms with Crippen LogP contribution in [0.5, 0.6) is 17.4 Å². The van der Waals surface area contributed by atoms with E-state index in [9.17, 15) is 5.11 Å². The van der Waals surface area contributed by atoms with Gasteiger partial charge in [0.15, 0.2) is 15.5 Å². The smallest absolute Gasteiger partial charge is 0.231 e. The van der Waals surface area contributed by atoms with Crippen molar-refractivity contribution in [3.63, 3.8) is 0 Å². The summed E-state index contributed by atoms with van der Waals surface area (Å²) in [6.45, 7) is 0.894. The fraction of sp³-hybridized carbons (Fsp3) is 0.387. The van der Waals surface area contributed by atoms with Gasteiger partial charge < -0.3 is 14.6 Å². The number of rotatable bonds is 4. The molecule has 4 saturated carbocycles. The Labute approximate surface area is 225 Å². The van der Waals surface area contributed by atoms with Crippen LogP contribution in [0.25, 0.3) is 21.9 Å². The lowest BCUT2D eigenvalue weighted by atomic mass is 9.48. The number of aromatic nitrogens is 1. The minimum absolute atomic E-state index is 0.225. The molecular formula is C31H29NO3S2. The van der Waals surface area contributed by atoms with Gasteiger partial charge in [0.05, 0.1) is 11.9 Å². The average molecular weight is 528 g/mol. The second-order valence-electron chi connectivity index (χ2n) is 11.8. The largest absolute Gasteiger partial charge is 0.494 e. The van der Waals surface area contributed by atoms with Crippen LogP contribution in [-0.4, -0.2) is 16.5 Å². The zero-order valence-corrected chi connectivity index (χ0v) is 22.2. The molecule has 4 nitrogen and oxygen atoms in total. The van der Waals surface area contributed by atoms with E-state index in [0.29, 0.717) is 17.3 Å². The zero-order chi connectivity index (χ0) is 24.7. The van der Waals surface area contributed by atoms with Gasteiger partial charge in [-0.1, -0.05) is 24.3 Å². The summed E-state index contributed by atoms with van der Waals surface area (Å²) in [6, 6.07) is 17.8. The topological polar surface area (TPSA) is 43.6 Å². The molecule has 0 atom stereocenters. The summed E-state index contributed by atoms with van der Waals surface area (Å²) in [7, 11) is 0. The standard InChI is InChI=1S/C31H29NO3S2/c33-28-16-37-30(36)32(28)15-18-1-2-23-9-24(4-3-22(23)8-18)25-10-26(29-27(11-25)34-17-35-29)31-12-19-5-20(13-31)7-21(6-19)14-31/h1-4,8-11,16,19-21,33H,5-7,12-15,17H2. The molecule has 6 heteroatoms. The number of fused-ring (bicyclic) bond motifs is 2. The Kier molecular flexibility index (Phi) is 4.85. The van der Waals surface area contributed by atoms with E-state index in [-0.39, 0.29) is 11.3 Å². The Morgan fingerprint density at radius 3 is 2.35 bits per heavy atom. The van der Waals surface area contributed by atoms with E-state index in [2.05, 4.69) is 48.5 Å². The fourth-order valence-electron chi connectivity index (χ4n) is 8.24. The summed E-state index contributed by atoms with van der Waals surface area (Å²) in [5.74, 6) is 4.79. The van der Waals surface area contributed by atoms with Crippen molar-refractivity contribution in [3.05, 3.63) is 69.0 Å². The number of nitrogens with zero attached hydrogens (tertiary/aromatic N) is 1. The monoisotopic (exact) mass is 527 g/mol. The van der Waals surface area contributed by atoms with E-state index in [0.717, 1.165) is 34.8 Å². The molecule has 1 aromatic heterocycles. The molecule has 2 heterocycles. The highest BCUT2D eigenvalue weighted by molar-refractivity contribution is 7.73. The van der Waals surface area contributed by atoms with Gasteiger partial charge in [-0.15, -0.1) is 11.3 Å². The van der Waals surface area contributed by atoms with Crippen molar-refractivity contribution in [1.29, 1.82) is 0 Å². The van der Waals surface area contributed by atoms with Crippen molar-refractivity contribution in [2.24, 2.45) is 17.8 Å². The summed E-state index contributed by atoms with van der Waals surface area (Å²) in [5.41, 5.74) is 5.21. The van der Waals surface area contributed by atoms with E-state index in [4.69, 9.17) is 21.7 Å². The van der Waals surface area contributed by atoms with Crippen LogP contribution >= 0.6 is 23.6 Å². The number of hydrogen-bond donors (Lipinski definition) is 1. The minimum atomic E-state index is 0.225. The highest BCUT2D eigenvalue weighted by atomic mass is 32.1. The zero-order valence-electron chi connectivity index (χ0n) is 20.6. The Morgan fingerprint density at radius 1 is 0.892 bits per heavy atom. The molecule has 4 aromatic rings. The van der Waals surface area contributed by atoms with Gasteiger partial charge in [0, 0.05) is 5.56 Å². The molecule has 4 bridgehead atoms. The highest BCUT2D eigenvalue weighted by Gasteiger charge is 2.53. The lowest BCUT2D eigenvalue weighted by molar-refractivity contribution is -0.00626. The van der Waals surface area contributed by atoms with Crippen LogP contribution in [0.15, 0.2) is 53.9 Å². The fourth-order valence-corrected chi connectivity index (χ4v) is 9.16. The second kappa shape index (κ2) is 8.08. The predicted octanol–water partition coefficient (Wildman–Crippen LogP) is 8.05. The van der Waals surface area contributed by atoms with Gasteiger partial charge in [-0.3, -0.25) is 4.57 Å². The summed E-state index contributed by atoms with van der Waals surface area (Å²) in [6.07, 6.45) is 8.23. The van der Waals surface area contributed by atoms with Gasteiger partial charge in [0.1, 0.15) is 0 Å². The SMILES string of the molecule is Oc1csc(=S)n1Cc1ccc2cc(-c3cc4c(c(C56CC7CC(CC(C7)C5)C6)c3)OCO4)ccc2c1. The molecule has 0 unspecified atom stereocenters. The molecule has 37 heavy (non-hydrogen) atoms. The highest BCUT2D eigenvalue weighted by Crippen LogP contribution is 2.63. The van der Waals surface area contributed by atoms with Crippen molar-refractivity contribution < 1.29 is 14.6 Å². The van der Waals surface area contributed by atoms with E-state index in [1.807, 2.05) is 0 Å². The van der Waals surface area contributed by atoms with Gasteiger partial charge in [-0.2, -0.15) is 0 Å². The molecule has 4 fully saturated rings. The van der Waals surface area contributed by atoms with Crippen molar-refractivity contribution >= 4 is 34.3 Å². The summed E-state index contributed by atoms with van der Waals surface area (Å²) < 4.78 is 14.5. The molecule has 0 spiro atoms. The number of benzene rings is 3. The molecule has 1 N–H and O–H groups in total. The molecule has 188 valence electrons. The quantitative estimate of drug-likeness (QED) is 0.273. The molecule has 0 amide bonds. The lowest BCUT2D eigenvalue weighted by Crippen LogP contribution is -2.48. The number of hydrogen-bond acceptors (Lipinski definition) is 5. The van der Waals surface area contributed by atoms with Crippen LogP contribution in [-0.2, 0) is 12.0 Å². The molecule has 1 aliphatic heterocycles. The lowest BCUT2D eigenvalue weighted by Gasteiger charge is -2.57. The van der Waals surface area contributed by atoms with Crippen LogP contribution in [0, 0.1) is 21.7 Å². The minimum Gasteiger partial charge on any atom is -0.494 e. The summed E-state index contributed by atoms with van der Waals surface area (Å²) >= 11 is 6.76. The third-order valence-corrected chi connectivity index (χ3v) is 10.7. The molecular weight excluding hydrogens is 498 g/mol.